The number of carbonyl (C=O) groups excluding carboxylic acids is 2. The zero-order valence-corrected chi connectivity index (χ0v) is 12.4. The molecule has 0 saturated carbocycles. The van der Waals surface area contributed by atoms with E-state index in [0.717, 1.165) is 6.07 Å². The molecule has 0 aliphatic heterocycles. The van der Waals surface area contributed by atoms with E-state index in [2.05, 4.69) is 5.32 Å². The van der Waals surface area contributed by atoms with Gasteiger partial charge in [0.2, 0.25) is 0 Å². The smallest absolute Gasteiger partial charge is 0.339 e. The Balaban J connectivity index is 2.70. The molecule has 0 bridgehead atoms. The second kappa shape index (κ2) is 6.03. The number of nitrogens with one attached hydrogen (secondary N) is 1. The molecular formula is C15H20FNO3. The zero-order valence-electron chi connectivity index (χ0n) is 12.4. The van der Waals surface area contributed by atoms with Crippen LogP contribution in [0, 0.1) is 12.7 Å². The van der Waals surface area contributed by atoms with Crippen molar-refractivity contribution in [3.05, 3.63) is 35.1 Å². The Bertz CT molecular complexity index is 520. The van der Waals surface area contributed by atoms with E-state index in [9.17, 15) is 14.0 Å². The lowest BCUT2D eigenvalue weighted by molar-refractivity contribution is -0.130. The third kappa shape index (κ3) is 4.64. The zero-order chi connectivity index (χ0) is 15.5. The number of esters is 1. The van der Waals surface area contributed by atoms with Gasteiger partial charge in [-0.05, 0) is 52.3 Å². The lowest BCUT2D eigenvalue weighted by Gasteiger charge is -2.23. The van der Waals surface area contributed by atoms with Crippen molar-refractivity contribution in [1.29, 1.82) is 0 Å². The molecule has 1 aromatic rings. The van der Waals surface area contributed by atoms with Gasteiger partial charge in [-0.1, -0.05) is 6.07 Å². The first kappa shape index (κ1) is 16.1. The summed E-state index contributed by atoms with van der Waals surface area (Å²) in [5, 5.41) is 2.71. The number of amides is 1. The number of ether oxygens (including phenoxy) is 1. The van der Waals surface area contributed by atoms with Crippen LogP contribution >= 0.6 is 0 Å². The van der Waals surface area contributed by atoms with Crippen molar-refractivity contribution in [2.45, 2.75) is 46.3 Å². The maximum atomic E-state index is 13.4. The van der Waals surface area contributed by atoms with Gasteiger partial charge >= 0.3 is 5.97 Å². The van der Waals surface area contributed by atoms with Gasteiger partial charge < -0.3 is 10.1 Å². The Morgan fingerprint density at radius 3 is 2.40 bits per heavy atom. The summed E-state index contributed by atoms with van der Waals surface area (Å²) in [6.07, 6.45) is -0.939. The van der Waals surface area contributed by atoms with Gasteiger partial charge in [0, 0.05) is 5.54 Å². The predicted molar refractivity (Wildman–Crippen MR) is 73.9 cm³/mol. The van der Waals surface area contributed by atoms with Crippen LogP contribution in [0.3, 0.4) is 0 Å². The number of halogens is 1. The van der Waals surface area contributed by atoms with Crippen LogP contribution in [0.1, 0.15) is 43.6 Å². The van der Waals surface area contributed by atoms with Crippen molar-refractivity contribution in [2.24, 2.45) is 0 Å². The van der Waals surface area contributed by atoms with Crippen LogP contribution in [-0.2, 0) is 9.53 Å². The Kier molecular flexibility index (Phi) is 4.87. The normalized spacial score (nSPS) is 12.7. The third-order valence-electron chi connectivity index (χ3n) is 2.56. The number of hydrogen-bond donors (Lipinski definition) is 1. The van der Waals surface area contributed by atoms with Crippen molar-refractivity contribution < 1.29 is 18.7 Å². The molecule has 1 N–H and O–H groups in total. The van der Waals surface area contributed by atoms with E-state index in [-0.39, 0.29) is 5.56 Å². The largest absolute Gasteiger partial charge is 0.449 e. The highest BCUT2D eigenvalue weighted by Crippen LogP contribution is 2.11. The Hall–Kier alpha value is -1.91. The quantitative estimate of drug-likeness (QED) is 0.866. The molecule has 5 heteroatoms. The highest BCUT2D eigenvalue weighted by molar-refractivity contribution is 5.92. The monoisotopic (exact) mass is 281 g/mol. The van der Waals surface area contributed by atoms with Crippen LogP contribution < -0.4 is 5.32 Å². The standard InChI is InChI=1S/C15H20FNO3/c1-9-6-7-11(8-12(9)16)14(19)20-10(2)13(18)17-15(3,4)5/h6-8,10H,1-5H3,(H,17,18)/t10-/m1/s1. The molecule has 20 heavy (non-hydrogen) atoms. The second-order valence-electron chi connectivity index (χ2n) is 5.75. The second-order valence-corrected chi connectivity index (χ2v) is 5.75. The van der Waals surface area contributed by atoms with Gasteiger partial charge in [0.05, 0.1) is 5.56 Å². The summed E-state index contributed by atoms with van der Waals surface area (Å²) in [4.78, 5) is 23.6. The Labute approximate surface area is 118 Å². The van der Waals surface area contributed by atoms with Crippen molar-refractivity contribution in [2.75, 3.05) is 0 Å². The summed E-state index contributed by atoms with van der Waals surface area (Å²) in [5.74, 6) is -1.59. The van der Waals surface area contributed by atoms with Crippen LogP contribution in [0.2, 0.25) is 0 Å². The van der Waals surface area contributed by atoms with Crippen LogP contribution in [0.15, 0.2) is 18.2 Å². The van der Waals surface area contributed by atoms with Gasteiger partial charge in [0.15, 0.2) is 6.10 Å². The molecule has 0 fully saturated rings. The van der Waals surface area contributed by atoms with Gasteiger partial charge in [-0.3, -0.25) is 4.79 Å². The van der Waals surface area contributed by atoms with E-state index in [1.807, 2.05) is 20.8 Å². The van der Waals surface area contributed by atoms with E-state index < -0.39 is 29.3 Å². The molecule has 1 amide bonds. The molecule has 1 aromatic carbocycles. The van der Waals surface area contributed by atoms with Crippen LogP contribution in [0.25, 0.3) is 0 Å². The fourth-order valence-corrected chi connectivity index (χ4v) is 1.47. The molecule has 4 nitrogen and oxygen atoms in total. The topological polar surface area (TPSA) is 55.4 Å². The first-order valence-corrected chi connectivity index (χ1v) is 6.39. The van der Waals surface area contributed by atoms with E-state index in [4.69, 9.17) is 4.74 Å². The summed E-state index contributed by atoms with van der Waals surface area (Å²) in [7, 11) is 0. The summed E-state index contributed by atoms with van der Waals surface area (Å²) < 4.78 is 18.4. The molecule has 0 unspecified atom stereocenters. The van der Waals surface area contributed by atoms with Crippen molar-refractivity contribution in [3.63, 3.8) is 0 Å². The fraction of sp³-hybridized carbons (Fsp3) is 0.467. The molecule has 0 radical (unpaired) electrons. The van der Waals surface area contributed by atoms with Crippen LogP contribution in [0.5, 0.6) is 0 Å². The molecule has 0 saturated heterocycles. The first-order valence-electron chi connectivity index (χ1n) is 6.39. The number of aryl methyl sites for hydroxylation is 1. The van der Waals surface area contributed by atoms with E-state index in [0.29, 0.717) is 5.56 Å². The lowest BCUT2D eigenvalue weighted by atomic mass is 10.1. The third-order valence-corrected chi connectivity index (χ3v) is 2.56. The van der Waals surface area contributed by atoms with Gasteiger partial charge in [-0.25, -0.2) is 9.18 Å². The average molecular weight is 281 g/mol. The van der Waals surface area contributed by atoms with Gasteiger partial charge in [0.25, 0.3) is 5.91 Å². The highest BCUT2D eigenvalue weighted by Gasteiger charge is 2.23. The molecule has 110 valence electrons. The van der Waals surface area contributed by atoms with Crippen molar-refractivity contribution >= 4 is 11.9 Å². The fourth-order valence-electron chi connectivity index (χ4n) is 1.47. The number of benzene rings is 1. The van der Waals surface area contributed by atoms with E-state index in [1.54, 1.807) is 6.92 Å². The van der Waals surface area contributed by atoms with Crippen molar-refractivity contribution in [3.8, 4) is 0 Å². The van der Waals surface area contributed by atoms with Crippen LogP contribution in [-0.4, -0.2) is 23.5 Å². The summed E-state index contributed by atoms with van der Waals surface area (Å²) >= 11 is 0. The molecule has 0 aromatic heterocycles. The van der Waals surface area contributed by atoms with Gasteiger partial charge in [0.1, 0.15) is 5.82 Å². The van der Waals surface area contributed by atoms with E-state index in [1.165, 1.54) is 19.1 Å². The van der Waals surface area contributed by atoms with E-state index >= 15 is 0 Å². The average Bonchev–Trinajstić information content (AvgIpc) is 2.30. The molecular weight excluding hydrogens is 261 g/mol. The highest BCUT2D eigenvalue weighted by atomic mass is 19.1. The molecule has 1 atom stereocenters. The summed E-state index contributed by atoms with van der Waals surface area (Å²) in [6.45, 7) is 8.56. The summed E-state index contributed by atoms with van der Waals surface area (Å²) in [6, 6.07) is 4.06. The Morgan fingerprint density at radius 2 is 1.90 bits per heavy atom. The first-order chi connectivity index (χ1) is 9.10. The number of carbonyl (C=O) groups is 2. The maximum absolute atomic E-state index is 13.4. The van der Waals surface area contributed by atoms with Gasteiger partial charge in [-0.2, -0.15) is 0 Å². The van der Waals surface area contributed by atoms with Crippen molar-refractivity contribution in [1.82, 2.24) is 5.32 Å². The SMILES string of the molecule is Cc1ccc(C(=O)O[C@H](C)C(=O)NC(C)(C)C)cc1F. The lowest BCUT2D eigenvalue weighted by Crippen LogP contribution is -2.46. The molecule has 0 aliphatic carbocycles. The minimum Gasteiger partial charge on any atom is -0.449 e. The molecule has 0 aliphatic rings. The minimum absolute atomic E-state index is 0.0866. The summed E-state index contributed by atoms with van der Waals surface area (Å²) in [5.41, 5.74) is 0.122. The van der Waals surface area contributed by atoms with Crippen LogP contribution in [0.4, 0.5) is 4.39 Å². The molecule has 1 rings (SSSR count). The molecule has 0 spiro atoms. The Morgan fingerprint density at radius 1 is 1.30 bits per heavy atom. The van der Waals surface area contributed by atoms with Gasteiger partial charge in [-0.15, -0.1) is 0 Å². The maximum Gasteiger partial charge on any atom is 0.339 e. The predicted octanol–water partition coefficient (Wildman–Crippen LogP) is 2.59. The minimum atomic E-state index is -0.939. The number of rotatable bonds is 3. The molecule has 0 heterocycles. The number of hydrogen-bond acceptors (Lipinski definition) is 3.